The summed E-state index contributed by atoms with van der Waals surface area (Å²) in [7, 11) is 2.11. The van der Waals surface area contributed by atoms with Crippen molar-refractivity contribution in [2.45, 2.75) is 26.7 Å². The lowest BCUT2D eigenvalue weighted by molar-refractivity contribution is 0.181. The second kappa shape index (κ2) is 8.73. The van der Waals surface area contributed by atoms with E-state index in [0.29, 0.717) is 5.92 Å². The molecule has 1 unspecified atom stereocenters. The summed E-state index contributed by atoms with van der Waals surface area (Å²) in [6, 6.07) is 2.08. The van der Waals surface area contributed by atoms with E-state index in [2.05, 4.69) is 42.2 Å². The van der Waals surface area contributed by atoms with Gasteiger partial charge in [-0.15, -0.1) is 0 Å². The predicted molar refractivity (Wildman–Crippen MR) is 90.2 cm³/mol. The lowest BCUT2D eigenvalue weighted by Gasteiger charge is -2.24. The molecular formula is C17H28N4O. The third-order valence-electron chi connectivity index (χ3n) is 4.03. The first-order valence-corrected chi connectivity index (χ1v) is 8.17. The number of guanidine groups is 1. The Labute approximate surface area is 133 Å². The molecule has 0 radical (unpaired) electrons. The Kier molecular flexibility index (Phi) is 6.65. The second-order valence-electron chi connectivity index (χ2n) is 5.90. The third kappa shape index (κ3) is 4.98. The van der Waals surface area contributed by atoms with E-state index in [1.807, 2.05) is 12.4 Å². The van der Waals surface area contributed by atoms with Crippen LogP contribution >= 0.6 is 0 Å². The fraction of sp³-hybridized carbons (Fsp3) is 0.647. The minimum absolute atomic E-state index is 0.622. The smallest absolute Gasteiger partial charge is 0.193 e. The van der Waals surface area contributed by atoms with Crippen LogP contribution in [0.3, 0.4) is 0 Å². The van der Waals surface area contributed by atoms with Gasteiger partial charge in [-0.1, -0.05) is 0 Å². The number of aromatic nitrogens is 1. The van der Waals surface area contributed by atoms with Crippen molar-refractivity contribution in [2.75, 3.05) is 39.9 Å². The van der Waals surface area contributed by atoms with Crippen LogP contribution in [-0.2, 0) is 11.2 Å². The molecular weight excluding hydrogens is 276 g/mol. The third-order valence-corrected chi connectivity index (χ3v) is 4.03. The molecule has 2 rings (SSSR count). The molecule has 1 atom stereocenters. The summed E-state index contributed by atoms with van der Waals surface area (Å²) in [6.45, 7) is 8.66. The number of hydrogen-bond acceptors (Lipinski definition) is 3. The van der Waals surface area contributed by atoms with Gasteiger partial charge < -0.3 is 15.0 Å². The molecule has 0 spiro atoms. The van der Waals surface area contributed by atoms with Gasteiger partial charge in [-0.25, -0.2) is 0 Å². The van der Waals surface area contributed by atoms with Crippen molar-refractivity contribution in [3.63, 3.8) is 0 Å². The Morgan fingerprint density at radius 3 is 3.09 bits per heavy atom. The predicted octanol–water partition coefficient (Wildman–Crippen LogP) is 1.87. The molecule has 0 saturated carbocycles. The first-order chi connectivity index (χ1) is 10.7. The molecule has 1 saturated heterocycles. The van der Waals surface area contributed by atoms with Crippen molar-refractivity contribution < 1.29 is 4.74 Å². The van der Waals surface area contributed by atoms with Gasteiger partial charge in [0.1, 0.15) is 0 Å². The van der Waals surface area contributed by atoms with Crippen LogP contribution in [0, 0.1) is 12.8 Å². The molecule has 122 valence electrons. The summed E-state index contributed by atoms with van der Waals surface area (Å²) >= 11 is 0. The van der Waals surface area contributed by atoms with Crippen LogP contribution in [0.4, 0.5) is 0 Å². The van der Waals surface area contributed by atoms with Gasteiger partial charge in [-0.2, -0.15) is 0 Å². The number of hydrogen-bond donors (Lipinski definition) is 1. The van der Waals surface area contributed by atoms with Crippen LogP contribution in [0.1, 0.15) is 24.5 Å². The highest BCUT2D eigenvalue weighted by Crippen LogP contribution is 2.13. The molecule has 0 bridgehead atoms. The molecule has 22 heavy (non-hydrogen) atoms. The summed E-state index contributed by atoms with van der Waals surface area (Å²) in [5.41, 5.74) is 2.56. The standard InChI is InChI=1S/C17H28N4O/c1-4-19-17(21(3)12-15-7-10-22-13-15)20-9-6-16-5-8-18-11-14(16)2/h5,8,11,15H,4,6-7,9-10,12-13H2,1-3H3,(H,19,20). The molecule has 0 amide bonds. The number of rotatable bonds is 6. The summed E-state index contributed by atoms with van der Waals surface area (Å²) in [6.07, 6.45) is 5.86. The zero-order chi connectivity index (χ0) is 15.8. The van der Waals surface area contributed by atoms with Gasteiger partial charge >= 0.3 is 0 Å². The Balaban J connectivity index is 1.89. The first-order valence-electron chi connectivity index (χ1n) is 8.17. The van der Waals surface area contributed by atoms with Gasteiger partial charge in [0, 0.05) is 51.6 Å². The first kappa shape index (κ1) is 16.7. The Morgan fingerprint density at radius 1 is 1.55 bits per heavy atom. The fourth-order valence-electron chi connectivity index (χ4n) is 2.74. The summed E-state index contributed by atoms with van der Waals surface area (Å²) in [4.78, 5) is 11.1. The van der Waals surface area contributed by atoms with E-state index in [4.69, 9.17) is 9.73 Å². The number of aliphatic imine (C=N–C) groups is 1. The molecule has 0 aromatic carbocycles. The van der Waals surface area contributed by atoms with Gasteiger partial charge in [0.15, 0.2) is 5.96 Å². The maximum absolute atomic E-state index is 5.46. The van der Waals surface area contributed by atoms with Crippen molar-refractivity contribution in [1.82, 2.24) is 15.2 Å². The van der Waals surface area contributed by atoms with Crippen molar-refractivity contribution in [3.05, 3.63) is 29.6 Å². The molecule has 2 heterocycles. The highest BCUT2D eigenvalue weighted by Gasteiger charge is 2.18. The number of pyridine rings is 1. The zero-order valence-electron chi connectivity index (χ0n) is 14.0. The Bertz CT molecular complexity index is 483. The number of nitrogens with zero attached hydrogens (tertiary/aromatic N) is 3. The molecule has 0 aliphatic carbocycles. The average molecular weight is 304 g/mol. The van der Waals surface area contributed by atoms with E-state index in [1.54, 1.807) is 0 Å². The quantitative estimate of drug-likeness (QED) is 0.644. The van der Waals surface area contributed by atoms with Gasteiger partial charge in [0.2, 0.25) is 0 Å². The molecule has 5 heteroatoms. The Morgan fingerprint density at radius 2 is 2.41 bits per heavy atom. The second-order valence-corrected chi connectivity index (χ2v) is 5.90. The zero-order valence-corrected chi connectivity index (χ0v) is 14.0. The monoisotopic (exact) mass is 304 g/mol. The van der Waals surface area contributed by atoms with E-state index in [1.165, 1.54) is 11.1 Å². The normalized spacial score (nSPS) is 18.5. The van der Waals surface area contributed by atoms with E-state index in [0.717, 1.165) is 51.6 Å². The van der Waals surface area contributed by atoms with Crippen LogP contribution in [0.25, 0.3) is 0 Å². The summed E-state index contributed by atoms with van der Waals surface area (Å²) in [5, 5.41) is 3.38. The minimum atomic E-state index is 0.622. The SMILES string of the molecule is CCNC(=NCCc1ccncc1C)N(C)CC1CCOC1. The maximum Gasteiger partial charge on any atom is 0.193 e. The van der Waals surface area contributed by atoms with Crippen LogP contribution in [0.15, 0.2) is 23.5 Å². The molecule has 1 fully saturated rings. The fourth-order valence-corrected chi connectivity index (χ4v) is 2.74. The highest BCUT2D eigenvalue weighted by atomic mass is 16.5. The van der Waals surface area contributed by atoms with Crippen LogP contribution in [0.5, 0.6) is 0 Å². The van der Waals surface area contributed by atoms with Crippen LogP contribution < -0.4 is 5.32 Å². The number of nitrogens with one attached hydrogen (secondary N) is 1. The molecule has 1 aliphatic rings. The lowest BCUT2D eigenvalue weighted by atomic mass is 10.1. The van der Waals surface area contributed by atoms with Gasteiger partial charge in [0.25, 0.3) is 0 Å². The van der Waals surface area contributed by atoms with E-state index in [9.17, 15) is 0 Å². The van der Waals surface area contributed by atoms with Crippen LogP contribution in [-0.4, -0.2) is 55.7 Å². The van der Waals surface area contributed by atoms with E-state index < -0.39 is 0 Å². The van der Waals surface area contributed by atoms with E-state index >= 15 is 0 Å². The molecule has 1 aromatic heterocycles. The lowest BCUT2D eigenvalue weighted by Crippen LogP contribution is -2.41. The topological polar surface area (TPSA) is 49.8 Å². The minimum Gasteiger partial charge on any atom is -0.381 e. The molecule has 1 aromatic rings. The van der Waals surface area contributed by atoms with Gasteiger partial charge in [-0.05, 0) is 43.9 Å². The van der Waals surface area contributed by atoms with E-state index in [-0.39, 0.29) is 0 Å². The highest BCUT2D eigenvalue weighted by molar-refractivity contribution is 5.79. The molecule has 1 N–H and O–H groups in total. The van der Waals surface area contributed by atoms with Gasteiger partial charge in [0.05, 0.1) is 6.61 Å². The average Bonchev–Trinajstić information content (AvgIpc) is 3.01. The maximum atomic E-state index is 5.46. The van der Waals surface area contributed by atoms with Crippen molar-refractivity contribution in [1.29, 1.82) is 0 Å². The summed E-state index contributed by atoms with van der Waals surface area (Å²) < 4.78 is 5.46. The molecule has 5 nitrogen and oxygen atoms in total. The van der Waals surface area contributed by atoms with Crippen LogP contribution in [0.2, 0.25) is 0 Å². The molecule has 1 aliphatic heterocycles. The summed E-state index contributed by atoms with van der Waals surface area (Å²) in [5.74, 6) is 1.61. The van der Waals surface area contributed by atoms with Gasteiger partial charge in [-0.3, -0.25) is 9.98 Å². The Hall–Kier alpha value is -1.62. The van der Waals surface area contributed by atoms with Crippen molar-refractivity contribution in [3.8, 4) is 0 Å². The number of ether oxygens (including phenoxy) is 1. The largest absolute Gasteiger partial charge is 0.381 e. The van der Waals surface area contributed by atoms with Crippen molar-refractivity contribution in [2.24, 2.45) is 10.9 Å². The number of aryl methyl sites for hydroxylation is 1. The van der Waals surface area contributed by atoms with Crippen molar-refractivity contribution >= 4 is 5.96 Å².